The Morgan fingerprint density at radius 3 is 2.60 bits per heavy atom. The Kier molecular flexibility index (Phi) is 4.37. The molecule has 6 nitrogen and oxygen atoms in total. The van der Waals surface area contributed by atoms with E-state index in [2.05, 4.69) is 28.5 Å². The molecule has 2 heterocycles. The van der Waals surface area contributed by atoms with Gasteiger partial charge in [0.2, 0.25) is 0 Å². The third-order valence-electron chi connectivity index (χ3n) is 3.44. The number of aliphatic carboxylic acids is 1. The molecule has 20 heavy (non-hydrogen) atoms. The second kappa shape index (κ2) is 5.87. The van der Waals surface area contributed by atoms with Crippen molar-refractivity contribution in [3.8, 4) is 0 Å². The number of hydrogen-bond donors (Lipinski definition) is 1. The molecule has 2 aromatic rings. The van der Waals surface area contributed by atoms with Crippen molar-refractivity contribution >= 4 is 28.9 Å². The Labute approximate surface area is 122 Å². The minimum Gasteiger partial charge on any atom is -0.481 e. The van der Waals surface area contributed by atoms with Crippen molar-refractivity contribution < 1.29 is 9.90 Å². The molecule has 0 unspecified atom stereocenters. The van der Waals surface area contributed by atoms with Gasteiger partial charge < -0.3 is 9.67 Å². The van der Waals surface area contributed by atoms with Crippen LogP contribution in [0, 0.1) is 6.92 Å². The van der Waals surface area contributed by atoms with Gasteiger partial charge in [-0.15, -0.1) is 0 Å². The van der Waals surface area contributed by atoms with Crippen LogP contribution < -0.4 is 0 Å². The van der Waals surface area contributed by atoms with Gasteiger partial charge in [-0.05, 0) is 19.8 Å². The van der Waals surface area contributed by atoms with Gasteiger partial charge in [0.15, 0.2) is 10.8 Å². The minimum atomic E-state index is -0.826. The molecule has 0 aliphatic heterocycles. The first kappa shape index (κ1) is 14.9. The molecular formula is C13H20N4O2S. The summed E-state index contributed by atoms with van der Waals surface area (Å²) in [5.41, 5.74) is 2.72. The Hall–Kier alpha value is -1.50. The van der Waals surface area contributed by atoms with E-state index in [0.717, 1.165) is 34.9 Å². The van der Waals surface area contributed by atoms with E-state index in [1.807, 2.05) is 18.7 Å². The molecule has 0 aliphatic rings. The number of carbonyl (C=O) groups is 1. The fourth-order valence-corrected chi connectivity index (χ4v) is 3.27. The lowest BCUT2D eigenvalue weighted by molar-refractivity contribution is -0.133. The third-order valence-corrected chi connectivity index (χ3v) is 4.37. The van der Waals surface area contributed by atoms with E-state index in [1.165, 1.54) is 11.8 Å². The van der Waals surface area contributed by atoms with Crippen LogP contribution in [0.15, 0.2) is 5.16 Å². The zero-order valence-electron chi connectivity index (χ0n) is 12.3. The minimum absolute atomic E-state index is 0.0238. The van der Waals surface area contributed by atoms with Crippen LogP contribution in [0.3, 0.4) is 0 Å². The van der Waals surface area contributed by atoms with Crippen LogP contribution in [0.4, 0.5) is 0 Å². The summed E-state index contributed by atoms with van der Waals surface area (Å²) >= 11 is 1.27. The number of imidazole rings is 1. The highest BCUT2D eigenvalue weighted by molar-refractivity contribution is 7.99. The van der Waals surface area contributed by atoms with Crippen LogP contribution in [0.1, 0.15) is 38.4 Å². The summed E-state index contributed by atoms with van der Waals surface area (Å²) in [4.78, 5) is 15.4. The molecule has 0 bridgehead atoms. The molecule has 0 amide bonds. The number of aryl methyl sites for hydroxylation is 2. The smallest absolute Gasteiger partial charge is 0.313 e. The molecule has 110 valence electrons. The number of rotatable bonds is 6. The third kappa shape index (κ3) is 2.54. The Balaban J connectivity index is 2.57. The van der Waals surface area contributed by atoms with Gasteiger partial charge in [0, 0.05) is 13.1 Å². The predicted molar refractivity (Wildman–Crippen MR) is 79.2 cm³/mol. The molecule has 0 spiro atoms. The Morgan fingerprint density at radius 2 is 2.05 bits per heavy atom. The van der Waals surface area contributed by atoms with Crippen molar-refractivity contribution in [2.24, 2.45) is 7.05 Å². The van der Waals surface area contributed by atoms with Crippen molar-refractivity contribution in [1.29, 1.82) is 0 Å². The highest BCUT2D eigenvalue weighted by Gasteiger charge is 2.22. The number of hydrogen-bond acceptors (Lipinski definition) is 4. The van der Waals surface area contributed by atoms with E-state index in [1.54, 1.807) is 0 Å². The number of fused-ring (bicyclic) bond motifs is 1. The van der Waals surface area contributed by atoms with Gasteiger partial charge in [-0.2, -0.15) is 5.10 Å². The molecule has 2 rings (SSSR count). The molecule has 2 aromatic heterocycles. The lowest BCUT2D eigenvalue weighted by atomic mass is 10.2. The van der Waals surface area contributed by atoms with Crippen LogP contribution in [0.25, 0.3) is 11.2 Å². The SMILES string of the molecule is CCC(CC)n1c(SCC(=O)O)nc2c(C)nn(C)c21. The van der Waals surface area contributed by atoms with Crippen LogP contribution in [0.5, 0.6) is 0 Å². The maximum Gasteiger partial charge on any atom is 0.313 e. The molecule has 0 radical (unpaired) electrons. The van der Waals surface area contributed by atoms with Crippen LogP contribution in [0.2, 0.25) is 0 Å². The molecule has 7 heteroatoms. The van der Waals surface area contributed by atoms with Crippen LogP contribution in [-0.4, -0.2) is 36.2 Å². The summed E-state index contributed by atoms with van der Waals surface area (Å²) in [6, 6.07) is 0.311. The number of carboxylic acids is 1. The summed E-state index contributed by atoms with van der Waals surface area (Å²) in [5, 5.41) is 14.1. The topological polar surface area (TPSA) is 72.9 Å². The Morgan fingerprint density at radius 1 is 1.40 bits per heavy atom. The lowest BCUT2D eigenvalue weighted by Crippen LogP contribution is -2.12. The molecule has 0 fully saturated rings. The van der Waals surface area contributed by atoms with Crippen molar-refractivity contribution in [1.82, 2.24) is 19.3 Å². The summed E-state index contributed by atoms with van der Waals surface area (Å²) in [6.07, 6.45) is 1.96. The van der Waals surface area contributed by atoms with Gasteiger partial charge in [0.1, 0.15) is 5.52 Å². The summed E-state index contributed by atoms with van der Waals surface area (Å²) < 4.78 is 3.98. The van der Waals surface area contributed by atoms with E-state index in [-0.39, 0.29) is 5.75 Å². The van der Waals surface area contributed by atoms with Gasteiger partial charge in [0.05, 0.1) is 11.4 Å². The highest BCUT2D eigenvalue weighted by Crippen LogP contribution is 2.31. The van der Waals surface area contributed by atoms with E-state index in [0.29, 0.717) is 6.04 Å². The largest absolute Gasteiger partial charge is 0.481 e. The fraction of sp³-hybridized carbons (Fsp3) is 0.615. The number of thioether (sulfide) groups is 1. The summed E-state index contributed by atoms with van der Waals surface area (Å²) in [6.45, 7) is 6.20. The summed E-state index contributed by atoms with van der Waals surface area (Å²) in [7, 11) is 1.90. The zero-order valence-corrected chi connectivity index (χ0v) is 13.1. The van der Waals surface area contributed by atoms with Gasteiger partial charge in [0.25, 0.3) is 0 Å². The van der Waals surface area contributed by atoms with Gasteiger partial charge in [-0.25, -0.2) is 4.98 Å². The standard InChI is InChI=1S/C13H20N4O2S/c1-5-9(6-2)17-12-11(8(3)15-16(12)4)14-13(17)20-7-10(18)19/h9H,5-7H2,1-4H3,(H,18,19). The van der Waals surface area contributed by atoms with E-state index >= 15 is 0 Å². The fourth-order valence-electron chi connectivity index (χ4n) is 2.49. The predicted octanol–water partition coefficient (Wildman–Crippen LogP) is 2.62. The molecule has 0 saturated carbocycles. The first-order valence-corrected chi connectivity index (χ1v) is 7.74. The second-order valence-electron chi connectivity index (χ2n) is 4.80. The number of aromatic nitrogens is 4. The van der Waals surface area contributed by atoms with E-state index in [9.17, 15) is 4.79 Å². The molecule has 1 N–H and O–H groups in total. The van der Waals surface area contributed by atoms with Gasteiger partial charge in [-0.1, -0.05) is 25.6 Å². The molecule has 0 aromatic carbocycles. The maximum absolute atomic E-state index is 10.8. The molecule has 0 saturated heterocycles. The normalized spacial score (nSPS) is 11.7. The van der Waals surface area contributed by atoms with Gasteiger partial charge >= 0.3 is 5.97 Å². The van der Waals surface area contributed by atoms with Crippen molar-refractivity contribution in [2.75, 3.05) is 5.75 Å². The van der Waals surface area contributed by atoms with Crippen molar-refractivity contribution in [3.05, 3.63) is 5.69 Å². The van der Waals surface area contributed by atoms with E-state index < -0.39 is 5.97 Å². The van der Waals surface area contributed by atoms with Gasteiger partial charge in [-0.3, -0.25) is 9.48 Å². The number of nitrogens with zero attached hydrogens (tertiary/aromatic N) is 4. The van der Waals surface area contributed by atoms with Crippen molar-refractivity contribution in [2.45, 2.75) is 44.8 Å². The van der Waals surface area contributed by atoms with Crippen molar-refractivity contribution in [3.63, 3.8) is 0 Å². The van der Waals surface area contributed by atoms with Crippen LogP contribution >= 0.6 is 11.8 Å². The quantitative estimate of drug-likeness (QED) is 0.830. The monoisotopic (exact) mass is 296 g/mol. The second-order valence-corrected chi connectivity index (χ2v) is 5.74. The molecule has 0 aliphatic carbocycles. The summed E-state index contributed by atoms with van der Waals surface area (Å²) in [5.74, 6) is -0.802. The average Bonchev–Trinajstić information content (AvgIpc) is 2.89. The average molecular weight is 296 g/mol. The highest BCUT2D eigenvalue weighted by atomic mass is 32.2. The van der Waals surface area contributed by atoms with E-state index in [4.69, 9.17) is 5.11 Å². The number of carboxylic acid groups (broad SMARTS) is 1. The lowest BCUT2D eigenvalue weighted by Gasteiger charge is -2.18. The molecular weight excluding hydrogens is 276 g/mol. The Bertz CT molecular complexity index is 628. The first-order valence-electron chi connectivity index (χ1n) is 6.75. The van der Waals surface area contributed by atoms with Crippen LogP contribution in [-0.2, 0) is 11.8 Å². The zero-order chi connectivity index (χ0) is 14.9. The molecule has 0 atom stereocenters. The first-order chi connectivity index (χ1) is 9.49. The maximum atomic E-state index is 10.8.